The van der Waals surface area contributed by atoms with Gasteiger partial charge in [-0.3, -0.25) is 4.79 Å². The second-order valence-corrected chi connectivity index (χ2v) is 7.52. The average Bonchev–Trinajstić information content (AvgIpc) is 3.08. The van der Waals surface area contributed by atoms with Gasteiger partial charge in [0.1, 0.15) is 0 Å². The number of primary amides is 1. The number of hydrogen-bond acceptors (Lipinski definition) is 3. The van der Waals surface area contributed by atoms with Crippen LogP contribution in [0.1, 0.15) is 85.0 Å². The molecule has 0 spiro atoms. The van der Waals surface area contributed by atoms with Gasteiger partial charge in [-0.15, -0.1) is 0 Å². The normalized spacial score (nSPS) is 21.5. The van der Waals surface area contributed by atoms with E-state index in [2.05, 4.69) is 26.1 Å². The standard InChI is InChI=1S/C20H40N2O2/c1-4-7-8-9-12-17(11-5-2)20(6-3,19(21)23)16-24-15-18-13-10-14-22-18/h17-18,22H,4-16H2,1-3H3,(H2,21,23)/t17?,18-,20?/m1/s1. The van der Waals surface area contributed by atoms with Crippen molar-refractivity contribution in [2.45, 2.75) is 91.0 Å². The van der Waals surface area contributed by atoms with Crippen molar-refractivity contribution in [3.8, 4) is 0 Å². The largest absolute Gasteiger partial charge is 0.379 e. The predicted molar refractivity (Wildman–Crippen MR) is 101 cm³/mol. The summed E-state index contributed by atoms with van der Waals surface area (Å²) < 4.78 is 6.03. The van der Waals surface area contributed by atoms with Gasteiger partial charge < -0.3 is 15.8 Å². The first kappa shape index (κ1) is 21.4. The molecule has 1 aliphatic rings. The van der Waals surface area contributed by atoms with Gasteiger partial charge in [-0.2, -0.15) is 0 Å². The van der Waals surface area contributed by atoms with Gasteiger partial charge in [-0.05, 0) is 44.6 Å². The van der Waals surface area contributed by atoms with Crippen LogP contribution in [-0.2, 0) is 9.53 Å². The molecule has 142 valence electrons. The molecule has 4 nitrogen and oxygen atoms in total. The van der Waals surface area contributed by atoms with Crippen LogP contribution in [0.15, 0.2) is 0 Å². The van der Waals surface area contributed by atoms with Crippen molar-refractivity contribution in [1.82, 2.24) is 5.32 Å². The fraction of sp³-hybridized carbons (Fsp3) is 0.950. The number of carbonyl (C=O) groups excluding carboxylic acids is 1. The first-order chi connectivity index (χ1) is 11.6. The van der Waals surface area contributed by atoms with E-state index in [1.54, 1.807) is 0 Å². The van der Waals surface area contributed by atoms with E-state index in [0.29, 0.717) is 25.2 Å². The number of carbonyl (C=O) groups is 1. The molecule has 1 fully saturated rings. The maximum absolute atomic E-state index is 12.4. The molecule has 1 rings (SSSR count). The van der Waals surface area contributed by atoms with Gasteiger partial charge in [0.05, 0.1) is 18.6 Å². The van der Waals surface area contributed by atoms with Gasteiger partial charge in [0.2, 0.25) is 5.91 Å². The van der Waals surface area contributed by atoms with Crippen molar-refractivity contribution < 1.29 is 9.53 Å². The molecule has 0 aromatic carbocycles. The highest BCUT2D eigenvalue weighted by atomic mass is 16.5. The van der Waals surface area contributed by atoms with E-state index in [-0.39, 0.29) is 5.91 Å². The van der Waals surface area contributed by atoms with Crippen LogP contribution < -0.4 is 11.1 Å². The zero-order valence-electron chi connectivity index (χ0n) is 16.2. The summed E-state index contributed by atoms with van der Waals surface area (Å²) in [6.07, 6.45) is 11.4. The van der Waals surface area contributed by atoms with Crippen LogP contribution in [0.3, 0.4) is 0 Å². The quantitative estimate of drug-likeness (QED) is 0.469. The molecule has 4 heteroatoms. The van der Waals surface area contributed by atoms with Crippen LogP contribution in [-0.4, -0.2) is 31.7 Å². The Hall–Kier alpha value is -0.610. The summed E-state index contributed by atoms with van der Waals surface area (Å²) in [5.41, 5.74) is 5.40. The molecule has 2 unspecified atom stereocenters. The number of hydrogen-bond donors (Lipinski definition) is 2. The summed E-state index contributed by atoms with van der Waals surface area (Å²) >= 11 is 0. The zero-order valence-corrected chi connectivity index (χ0v) is 16.2. The Balaban J connectivity index is 2.66. The smallest absolute Gasteiger partial charge is 0.226 e. The molecule has 1 heterocycles. The van der Waals surface area contributed by atoms with Crippen molar-refractivity contribution in [1.29, 1.82) is 0 Å². The topological polar surface area (TPSA) is 64.3 Å². The zero-order chi connectivity index (χ0) is 17.8. The van der Waals surface area contributed by atoms with Crippen LogP contribution in [0.25, 0.3) is 0 Å². The molecule has 3 atom stereocenters. The molecule has 0 aliphatic carbocycles. The summed E-state index contributed by atoms with van der Waals surface area (Å²) in [7, 11) is 0. The summed E-state index contributed by atoms with van der Waals surface area (Å²) in [5, 5.41) is 3.45. The maximum atomic E-state index is 12.4. The maximum Gasteiger partial charge on any atom is 0.226 e. The first-order valence-corrected chi connectivity index (χ1v) is 10.2. The SMILES string of the molecule is CCCCCCC(CCC)C(CC)(COC[C@H]1CCCN1)C(N)=O. The van der Waals surface area contributed by atoms with E-state index in [9.17, 15) is 4.79 Å². The van der Waals surface area contributed by atoms with Gasteiger partial charge in [-0.1, -0.05) is 52.9 Å². The van der Waals surface area contributed by atoms with E-state index in [4.69, 9.17) is 10.5 Å². The Kier molecular flexibility index (Phi) is 10.6. The highest BCUT2D eigenvalue weighted by Gasteiger charge is 2.42. The average molecular weight is 341 g/mol. The van der Waals surface area contributed by atoms with E-state index in [1.165, 1.54) is 38.5 Å². The Bertz CT molecular complexity index is 343. The third-order valence-electron chi connectivity index (χ3n) is 5.79. The number of unbranched alkanes of at least 4 members (excludes halogenated alkanes) is 3. The number of ether oxygens (including phenoxy) is 1. The van der Waals surface area contributed by atoms with Crippen LogP contribution in [0.2, 0.25) is 0 Å². The molecular weight excluding hydrogens is 300 g/mol. The van der Waals surface area contributed by atoms with E-state index >= 15 is 0 Å². The monoisotopic (exact) mass is 340 g/mol. The van der Waals surface area contributed by atoms with E-state index < -0.39 is 5.41 Å². The van der Waals surface area contributed by atoms with Crippen molar-refractivity contribution in [3.05, 3.63) is 0 Å². The minimum Gasteiger partial charge on any atom is -0.379 e. The molecule has 0 bridgehead atoms. The van der Waals surface area contributed by atoms with Gasteiger partial charge in [0.25, 0.3) is 0 Å². The lowest BCUT2D eigenvalue weighted by atomic mass is 9.69. The Morgan fingerprint density at radius 3 is 2.54 bits per heavy atom. The molecule has 24 heavy (non-hydrogen) atoms. The predicted octanol–water partition coefficient (Wildman–Crippen LogP) is 4.02. The van der Waals surface area contributed by atoms with Gasteiger partial charge in [0.15, 0.2) is 0 Å². The highest BCUT2D eigenvalue weighted by Crippen LogP contribution is 2.38. The highest BCUT2D eigenvalue weighted by molar-refractivity contribution is 5.81. The Morgan fingerprint density at radius 2 is 2.00 bits per heavy atom. The van der Waals surface area contributed by atoms with Crippen LogP contribution in [0, 0.1) is 11.3 Å². The number of nitrogens with two attached hydrogens (primary N) is 1. The van der Waals surface area contributed by atoms with Crippen LogP contribution >= 0.6 is 0 Å². The second kappa shape index (κ2) is 11.9. The van der Waals surface area contributed by atoms with Crippen molar-refractivity contribution in [2.24, 2.45) is 17.1 Å². The number of amides is 1. The van der Waals surface area contributed by atoms with Crippen LogP contribution in [0.4, 0.5) is 0 Å². The lowest BCUT2D eigenvalue weighted by Gasteiger charge is -2.38. The summed E-state index contributed by atoms with van der Waals surface area (Å²) in [4.78, 5) is 12.4. The molecule has 1 aliphatic heterocycles. The second-order valence-electron chi connectivity index (χ2n) is 7.52. The molecule has 0 aromatic rings. The van der Waals surface area contributed by atoms with E-state index in [1.807, 2.05) is 0 Å². The first-order valence-electron chi connectivity index (χ1n) is 10.2. The molecule has 1 amide bonds. The Morgan fingerprint density at radius 1 is 1.21 bits per heavy atom. The van der Waals surface area contributed by atoms with Crippen molar-refractivity contribution in [3.63, 3.8) is 0 Å². The fourth-order valence-corrected chi connectivity index (χ4v) is 4.10. The minimum atomic E-state index is -0.499. The summed E-state index contributed by atoms with van der Waals surface area (Å²) in [6, 6.07) is 0.446. The lowest BCUT2D eigenvalue weighted by molar-refractivity contribution is -0.137. The fourth-order valence-electron chi connectivity index (χ4n) is 4.10. The van der Waals surface area contributed by atoms with Gasteiger partial charge in [0, 0.05) is 6.04 Å². The lowest BCUT2D eigenvalue weighted by Crippen LogP contribution is -2.47. The van der Waals surface area contributed by atoms with E-state index in [0.717, 1.165) is 32.2 Å². The molecule has 0 saturated carbocycles. The van der Waals surface area contributed by atoms with Gasteiger partial charge >= 0.3 is 0 Å². The molecule has 3 N–H and O–H groups in total. The molecule has 1 saturated heterocycles. The number of nitrogens with one attached hydrogen (secondary N) is 1. The summed E-state index contributed by atoms with van der Waals surface area (Å²) in [5.74, 6) is 0.178. The molecule has 0 radical (unpaired) electrons. The van der Waals surface area contributed by atoms with Crippen molar-refractivity contribution >= 4 is 5.91 Å². The van der Waals surface area contributed by atoms with Crippen LogP contribution in [0.5, 0.6) is 0 Å². The van der Waals surface area contributed by atoms with Gasteiger partial charge in [-0.25, -0.2) is 0 Å². The van der Waals surface area contributed by atoms with Crippen molar-refractivity contribution in [2.75, 3.05) is 19.8 Å². The number of rotatable bonds is 14. The third kappa shape index (κ3) is 6.36. The minimum absolute atomic E-state index is 0.168. The molecule has 0 aromatic heterocycles. The summed E-state index contributed by atoms with van der Waals surface area (Å²) in [6.45, 7) is 8.78. The third-order valence-corrected chi connectivity index (χ3v) is 5.79. The molecular formula is C20H40N2O2. The Labute approximate surface area is 149 Å².